The van der Waals surface area contributed by atoms with Gasteiger partial charge in [-0.2, -0.15) is 0 Å². The van der Waals surface area contributed by atoms with Gasteiger partial charge < -0.3 is 19.7 Å². The molecule has 2 amide bonds. The van der Waals surface area contributed by atoms with Crippen molar-refractivity contribution in [1.82, 2.24) is 39.3 Å². The van der Waals surface area contributed by atoms with Gasteiger partial charge in [0.2, 0.25) is 0 Å². The van der Waals surface area contributed by atoms with Crippen LogP contribution in [0.1, 0.15) is 18.4 Å². The Hall–Kier alpha value is -4.38. The molecule has 40 heavy (non-hydrogen) atoms. The second-order valence-electron chi connectivity index (χ2n) is 10.8. The van der Waals surface area contributed by atoms with Gasteiger partial charge in [-0.1, -0.05) is 6.07 Å². The minimum Gasteiger partial charge on any atom is -0.345 e. The summed E-state index contributed by atoms with van der Waals surface area (Å²) in [7, 11) is 1.96. The number of likely N-dealkylation sites (tertiary alicyclic amines) is 1. The molecule has 3 N–H and O–H groups in total. The summed E-state index contributed by atoms with van der Waals surface area (Å²) < 4.78 is 19.0. The number of fused-ring (bicyclic) bond motifs is 1. The molecule has 4 aromatic heterocycles. The molecule has 2 aliphatic rings. The fourth-order valence-electron chi connectivity index (χ4n) is 6.40. The van der Waals surface area contributed by atoms with E-state index in [4.69, 9.17) is 0 Å². The van der Waals surface area contributed by atoms with Crippen molar-refractivity contribution < 1.29 is 9.18 Å². The van der Waals surface area contributed by atoms with E-state index in [1.54, 1.807) is 6.20 Å². The van der Waals surface area contributed by atoms with Crippen LogP contribution in [0.15, 0.2) is 53.7 Å². The minimum absolute atomic E-state index is 0.0103. The number of pyridine rings is 1. The monoisotopic (exact) mass is 542 g/mol. The molecule has 0 aliphatic carbocycles. The minimum atomic E-state index is -0.377. The van der Waals surface area contributed by atoms with Gasteiger partial charge in [0.25, 0.3) is 5.56 Å². The standard InChI is InChI=1S/C29H31FN8O2/c1-31-14-18-5-8-35(9-6-18)29(40)37-11-10-36-17-22(21-13-20(30)12-19(16-37)27(21)36)26-25(28(39)34-33-26)23-15-32-24-4-2-3-7-38(23)24/h2-4,7,12-13,15,17-18,31H,5-6,8-11,14,16H2,1H3,(H2,33,34,39). The number of imidazole rings is 1. The fraction of sp³-hybridized carbons (Fsp3) is 0.345. The topological polar surface area (TPSA) is 106 Å². The molecule has 2 aliphatic heterocycles. The average Bonchev–Trinajstić information content (AvgIpc) is 3.62. The molecule has 206 valence electrons. The number of carbonyl (C=O) groups is 1. The van der Waals surface area contributed by atoms with Crippen LogP contribution >= 0.6 is 0 Å². The Labute approximate surface area is 229 Å². The van der Waals surface area contributed by atoms with Gasteiger partial charge in [-0.3, -0.25) is 19.4 Å². The van der Waals surface area contributed by atoms with Crippen LogP contribution < -0.4 is 10.9 Å². The van der Waals surface area contributed by atoms with Gasteiger partial charge in [0.1, 0.15) is 11.5 Å². The van der Waals surface area contributed by atoms with Crippen molar-refractivity contribution in [2.75, 3.05) is 33.2 Å². The number of carbonyl (C=O) groups excluding carboxylic acids is 1. The molecule has 0 atom stereocenters. The predicted molar refractivity (Wildman–Crippen MR) is 151 cm³/mol. The highest BCUT2D eigenvalue weighted by Crippen LogP contribution is 2.37. The lowest BCUT2D eigenvalue weighted by Crippen LogP contribution is -2.47. The maximum atomic E-state index is 15.1. The Morgan fingerprint density at radius 2 is 1.98 bits per heavy atom. The molecule has 10 nitrogen and oxygen atoms in total. The summed E-state index contributed by atoms with van der Waals surface area (Å²) in [4.78, 5) is 34.8. The first kappa shape index (κ1) is 24.6. The lowest BCUT2D eigenvalue weighted by Gasteiger charge is -2.35. The summed E-state index contributed by atoms with van der Waals surface area (Å²) in [5.41, 5.74) is 4.48. The van der Waals surface area contributed by atoms with Crippen LogP contribution in [0.2, 0.25) is 0 Å². The third-order valence-electron chi connectivity index (χ3n) is 8.36. The summed E-state index contributed by atoms with van der Waals surface area (Å²) in [6.45, 7) is 3.86. The number of aromatic nitrogens is 5. The quantitative estimate of drug-likeness (QED) is 0.322. The van der Waals surface area contributed by atoms with Crippen molar-refractivity contribution in [2.45, 2.75) is 25.9 Å². The van der Waals surface area contributed by atoms with E-state index in [0.717, 1.165) is 54.8 Å². The summed E-state index contributed by atoms with van der Waals surface area (Å²) in [5, 5.41) is 9.69. The summed E-state index contributed by atoms with van der Waals surface area (Å²) in [5.74, 6) is 0.212. The molecule has 0 spiro atoms. The van der Waals surface area contributed by atoms with Crippen molar-refractivity contribution in [2.24, 2.45) is 5.92 Å². The second-order valence-corrected chi connectivity index (χ2v) is 10.8. The number of H-pyrrole nitrogens is 2. The van der Waals surface area contributed by atoms with E-state index in [2.05, 4.69) is 25.1 Å². The van der Waals surface area contributed by atoms with Gasteiger partial charge in [0.05, 0.1) is 28.7 Å². The van der Waals surface area contributed by atoms with Gasteiger partial charge in [-0.15, -0.1) is 0 Å². The van der Waals surface area contributed by atoms with Crippen LogP contribution in [0.3, 0.4) is 0 Å². The second kappa shape index (κ2) is 9.67. The first-order valence-electron chi connectivity index (χ1n) is 13.7. The number of rotatable bonds is 4. The molecule has 0 bridgehead atoms. The highest BCUT2D eigenvalue weighted by atomic mass is 19.1. The van der Waals surface area contributed by atoms with Crippen LogP contribution in [0.5, 0.6) is 0 Å². The number of amides is 2. The number of hydrogen-bond acceptors (Lipinski definition) is 4. The lowest BCUT2D eigenvalue weighted by molar-refractivity contribution is 0.129. The van der Waals surface area contributed by atoms with Crippen LogP contribution in [0, 0.1) is 11.7 Å². The van der Waals surface area contributed by atoms with E-state index in [1.807, 2.05) is 51.8 Å². The SMILES string of the molecule is CNCC1CCN(C(=O)N2CCn3cc(-c4[nH][nH]c(=O)c4-c4cnc5ccccn45)c4cc(F)cc(c43)C2)CC1. The highest BCUT2D eigenvalue weighted by molar-refractivity contribution is 6.00. The maximum absolute atomic E-state index is 15.1. The Morgan fingerprint density at radius 1 is 1.12 bits per heavy atom. The van der Waals surface area contributed by atoms with Crippen LogP contribution in [-0.4, -0.2) is 73.2 Å². The number of halogens is 1. The largest absolute Gasteiger partial charge is 0.345 e. The molecular weight excluding hydrogens is 511 g/mol. The number of aromatic amines is 2. The molecule has 5 aromatic rings. The maximum Gasteiger partial charge on any atom is 0.320 e. The van der Waals surface area contributed by atoms with E-state index >= 15 is 4.39 Å². The highest BCUT2D eigenvalue weighted by Gasteiger charge is 2.30. The number of urea groups is 1. The Kier molecular flexibility index (Phi) is 5.96. The van der Waals surface area contributed by atoms with Crippen molar-refractivity contribution >= 4 is 22.6 Å². The predicted octanol–water partition coefficient (Wildman–Crippen LogP) is 3.65. The number of nitrogens with one attached hydrogen (secondary N) is 3. The summed E-state index contributed by atoms with van der Waals surface area (Å²) in [6, 6.07) is 8.70. The smallest absolute Gasteiger partial charge is 0.320 e. The number of hydrogen-bond donors (Lipinski definition) is 3. The first-order valence-corrected chi connectivity index (χ1v) is 13.7. The average molecular weight is 543 g/mol. The van der Waals surface area contributed by atoms with E-state index in [0.29, 0.717) is 47.9 Å². The fourth-order valence-corrected chi connectivity index (χ4v) is 6.40. The Balaban J connectivity index is 1.26. The first-order chi connectivity index (χ1) is 19.5. The van der Waals surface area contributed by atoms with Crippen molar-refractivity contribution in [3.05, 3.63) is 70.7 Å². The number of piperidine rings is 1. The molecule has 0 saturated carbocycles. The zero-order valence-corrected chi connectivity index (χ0v) is 22.3. The molecule has 6 heterocycles. The summed E-state index contributed by atoms with van der Waals surface area (Å²) in [6.07, 6.45) is 7.46. The van der Waals surface area contributed by atoms with Crippen molar-refractivity contribution in [1.29, 1.82) is 0 Å². The molecule has 1 saturated heterocycles. The molecule has 0 unspecified atom stereocenters. The van der Waals surface area contributed by atoms with E-state index in [9.17, 15) is 9.59 Å². The molecule has 1 aromatic carbocycles. The van der Waals surface area contributed by atoms with E-state index in [1.165, 1.54) is 12.1 Å². The van der Waals surface area contributed by atoms with Gasteiger partial charge in [-0.05, 0) is 62.2 Å². The molecule has 1 fully saturated rings. The van der Waals surface area contributed by atoms with Crippen molar-refractivity contribution in [3.63, 3.8) is 0 Å². The van der Waals surface area contributed by atoms with Gasteiger partial charge in [-0.25, -0.2) is 14.2 Å². The van der Waals surface area contributed by atoms with E-state index < -0.39 is 0 Å². The number of nitrogens with zero attached hydrogens (tertiary/aromatic N) is 5. The third-order valence-corrected chi connectivity index (χ3v) is 8.36. The zero-order valence-electron chi connectivity index (χ0n) is 22.3. The molecular formula is C29H31FN8O2. The van der Waals surface area contributed by atoms with Gasteiger partial charge in [0, 0.05) is 56.1 Å². The lowest BCUT2D eigenvalue weighted by atomic mass is 9.97. The normalized spacial score (nSPS) is 16.2. The summed E-state index contributed by atoms with van der Waals surface area (Å²) >= 11 is 0. The number of benzene rings is 1. The van der Waals surface area contributed by atoms with Crippen molar-refractivity contribution in [3.8, 4) is 22.5 Å². The third kappa shape index (κ3) is 4.00. The van der Waals surface area contributed by atoms with E-state index in [-0.39, 0.29) is 17.4 Å². The van der Waals surface area contributed by atoms with Crippen LogP contribution in [0.25, 0.3) is 39.1 Å². The molecule has 0 radical (unpaired) electrons. The van der Waals surface area contributed by atoms with Gasteiger partial charge in [0.15, 0.2) is 0 Å². The molecule has 7 rings (SSSR count). The Morgan fingerprint density at radius 3 is 2.80 bits per heavy atom. The Bertz CT molecular complexity index is 1790. The molecule has 11 heteroatoms. The van der Waals surface area contributed by atoms with Crippen LogP contribution in [0.4, 0.5) is 9.18 Å². The van der Waals surface area contributed by atoms with Crippen LogP contribution in [-0.2, 0) is 13.1 Å². The zero-order chi connectivity index (χ0) is 27.4. The van der Waals surface area contributed by atoms with Gasteiger partial charge >= 0.3 is 6.03 Å².